The van der Waals surface area contributed by atoms with Crippen LogP contribution in [-0.2, 0) is 12.8 Å². The van der Waals surface area contributed by atoms with Gasteiger partial charge in [0.2, 0.25) is 0 Å². The average Bonchev–Trinajstić information content (AvgIpc) is 2.40. The zero-order chi connectivity index (χ0) is 12.8. The summed E-state index contributed by atoms with van der Waals surface area (Å²) in [5.74, 6) is 0.885. The topological polar surface area (TPSA) is 12.0 Å². The lowest BCUT2D eigenvalue weighted by Gasteiger charge is -2.29. The second-order valence-electron chi connectivity index (χ2n) is 5.66. The van der Waals surface area contributed by atoms with Gasteiger partial charge in [-0.15, -0.1) is 0 Å². The Bertz CT molecular complexity index is 339. The predicted octanol–water partition coefficient (Wildman–Crippen LogP) is 3.96. The standard InChI is InChI=1S/C17H27N/c1-3-14-8-10-15(11-9-14)12-16-6-5-7-17(13-16)18-4-2/h8-11,16-18H,3-7,12-13H2,1-2H3. The highest BCUT2D eigenvalue weighted by Crippen LogP contribution is 2.27. The Kier molecular flexibility index (Phi) is 5.25. The Balaban J connectivity index is 1.87. The van der Waals surface area contributed by atoms with Gasteiger partial charge >= 0.3 is 0 Å². The molecule has 1 aromatic rings. The van der Waals surface area contributed by atoms with Gasteiger partial charge in [0.1, 0.15) is 0 Å². The molecule has 2 rings (SSSR count). The van der Waals surface area contributed by atoms with Crippen LogP contribution in [0.2, 0.25) is 0 Å². The molecular weight excluding hydrogens is 218 g/mol. The lowest BCUT2D eigenvalue weighted by molar-refractivity contribution is 0.287. The van der Waals surface area contributed by atoms with Gasteiger partial charge < -0.3 is 5.32 Å². The maximum atomic E-state index is 3.62. The molecule has 0 aliphatic heterocycles. The van der Waals surface area contributed by atoms with Crippen LogP contribution in [0.25, 0.3) is 0 Å². The number of aryl methyl sites for hydroxylation is 1. The molecule has 1 aliphatic rings. The Labute approximate surface area is 112 Å². The van der Waals surface area contributed by atoms with Crippen LogP contribution in [0.1, 0.15) is 50.7 Å². The van der Waals surface area contributed by atoms with Gasteiger partial charge in [0.15, 0.2) is 0 Å². The molecule has 2 unspecified atom stereocenters. The molecule has 1 N–H and O–H groups in total. The molecule has 2 atom stereocenters. The summed E-state index contributed by atoms with van der Waals surface area (Å²) in [5.41, 5.74) is 2.97. The fraction of sp³-hybridized carbons (Fsp3) is 0.647. The molecule has 0 aromatic heterocycles. The molecule has 1 heteroatoms. The van der Waals surface area contributed by atoms with Gasteiger partial charge in [-0.1, -0.05) is 51.0 Å². The van der Waals surface area contributed by atoms with Crippen molar-refractivity contribution < 1.29 is 0 Å². The third-order valence-electron chi connectivity index (χ3n) is 4.23. The molecule has 100 valence electrons. The van der Waals surface area contributed by atoms with Crippen LogP contribution >= 0.6 is 0 Å². The fourth-order valence-corrected chi connectivity index (χ4v) is 3.19. The Morgan fingerprint density at radius 1 is 1.06 bits per heavy atom. The van der Waals surface area contributed by atoms with Gasteiger partial charge in [0.05, 0.1) is 0 Å². The minimum Gasteiger partial charge on any atom is -0.314 e. The van der Waals surface area contributed by atoms with Gasteiger partial charge in [-0.3, -0.25) is 0 Å². The van der Waals surface area contributed by atoms with Crippen molar-refractivity contribution in [2.24, 2.45) is 5.92 Å². The zero-order valence-corrected chi connectivity index (χ0v) is 11.9. The highest BCUT2D eigenvalue weighted by molar-refractivity contribution is 5.22. The second-order valence-corrected chi connectivity index (χ2v) is 5.66. The van der Waals surface area contributed by atoms with Crippen LogP contribution in [-0.4, -0.2) is 12.6 Å². The van der Waals surface area contributed by atoms with Crippen molar-refractivity contribution in [1.82, 2.24) is 5.32 Å². The van der Waals surface area contributed by atoms with Crippen LogP contribution < -0.4 is 5.32 Å². The summed E-state index contributed by atoms with van der Waals surface area (Å²) in [6.07, 6.45) is 7.97. The average molecular weight is 245 g/mol. The van der Waals surface area contributed by atoms with E-state index in [2.05, 4.69) is 43.4 Å². The smallest absolute Gasteiger partial charge is 0.00697 e. The van der Waals surface area contributed by atoms with E-state index in [0.717, 1.165) is 24.9 Å². The number of hydrogen-bond donors (Lipinski definition) is 1. The third-order valence-corrected chi connectivity index (χ3v) is 4.23. The highest BCUT2D eigenvalue weighted by Gasteiger charge is 2.21. The SMILES string of the molecule is CCNC1CCCC(Cc2ccc(CC)cc2)C1. The maximum absolute atomic E-state index is 3.62. The van der Waals surface area contributed by atoms with E-state index in [1.165, 1.54) is 43.2 Å². The first-order valence-electron chi connectivity index (χ1n) is 7.63. The molecule has 1 aliphatic carbocycles. The molecule has 1 fully saturated rings. The van der Waals surface area contributed by atoms with Crippen molar-refractivity contribution in [3.63, 3.8) is 0 Å². The van der Waals surface area contributed by atoms with E-state index in [0.29, 0.717) is 0 Å². The summed E-state index contributed by atoms with van der Waals surface area (Å²) >= 11 is 0. The van der Waals surface area contributed by atoms with Crippen molar-refractivity contribution in [3.05, 3.63) is 35.4 Å². The molecular formula is C17H27N. The first-order valence-corrected chi connectivity index (χ1v) is 7.63. The fourth-order valence-electron chi connectivity index (χ4n) is 3.19. The summed E-state index contributed by atoms with van der Waals surface area (Å²) < 4.78 is 0. The van der Waals surface area contributed by atoms with Crippen LogP contribution in [0, 0.1) is 5.92 Å². The van der Waals surface area contributed by atoms with Gasteiger partial charge in [0, 0.05) is 6.04 Å². The Hall–Kier alpha value is -0.820. The number of nitrogens with one attached hydrogen (secondary N) is 1. The van der Waals surface area contributed by atoms with Crippen LogP contribution in [0.15, 0.2) is 24.3 Å². The molecule has 1 saturated carbocycles. The predicted molar refractivity (Wildman–Crippen MR) is 78.9 cm³/mol. The van der Waals surface area contributed by atoms with E-state index in [1.807, 2.05) is 0 Å². The first-order chi connectivity index (χ1) is 8.81. The molecule has 0 saturated heterocycles. The molecule has 0 amide bonds. The monoisotopic (exact) mass is 245 g/mol. The van der Waals surface area contributed by atoms with Crippen molar-refractivity contribution in [1.29, 1.82) is 0 Å². The van der Waals surface area contributed by atoms with Crippen LogP contribution in [0.4, 0.5) is 0 Å². The largest absolute Gasteiger partial charge is 0.314 e. The highest BCUT2D eigenvalue weighted by atomic mass is 14.9. The van der Waals surface area contributed by atoms with Crippen LogP contribution in [0.5, 0.6) is 0 Å². The van der Waals surface area contributed by atoms with E-state index in [9.17, 15) is 0 Å². The van der Waals surface area contributed by atoms with E-state index in [1.54, 1.807) is 0 Å². The summed E-state index contributed by atoms with van der Waals surface area (Å²) in [4.78, 5) is 0. The summed E-state index contributed by atoms with van der Waals surface area (Å²) in [6, 6.07) is 10.0. The number of rotatable bonds is 5. The lowest BCUT2D eigenvalue weighted by Crippen LogP contribution is -2.34. The third kappa shape index (κ3) is 3.84. The minimum absolute atomic E-state index is 0.767. The molecule has 0 spiro atoms. The van der Waals surface area contributed by atoms with E-state index in [-0.39, 0.29) is 0 Å². The second kappa shape index (κ2) is 6.94. The Morgan fingerprint density at radius 3 is 2.44 bits per heavy atom. The van der Waals surface area contributed by atoms with Crippen molar-refractivity contribution in [3.8, 4) is 0 Å². The quantitative estimate of drug-likeness (QED) is 0.828. The molecule has 0 heterocycles. The maximum Gasteiger partial charge on any atom is 0.00697 e. The number of benzene rings is 1. The summed E-state index contributed by atoms with van der Waals surface area (Å²) in [6.45, 7) is 5.55. The molecule has 18 heavy (non-hydrogen) atoms. The van der Waals surface area contributed by atoms with E-state index < -0.39 is 0 Å². The van der Waals surface area contributed by atoms with E-state index in [4.69, 9.17) is 0 Å². The summed E-state index contributed by atoms with van der Waals surface area (Å²) in [7, 11) is 0. The van der Waals surface area contributed by atoms with Gasteiger partial charge in [0.25, 0.3) is 0 Å². The van der Waals surface area contributed by atoms with Gasteiger partial charge in [-0.25, -0.2) is 0 Å². The van der Waals surface area contributed by atoms with Crippen molar-refractivity contribution in [2.75, 3.05) is 6.54 Å². The Morgan fingerprint density at radius 2 is 1.78 bits per heavy atom. The van der Waals surface area contributed by atoms with Gasteiger partial charge in [-0.2, -0.15) is 0 Å². The number of hydrogen-bond acceptors (Lipinski definition) is 1. The lowest BCUT2D eigenvalue weighted by atomic mass is 9.82. The molecule has 1 aromatic carbocycles. The van der Waals surface area contributed by atoms with E-state index >= 15 is 0 Å². The van der Waals surface area contributed by atoms with Gasteiger partial charge in [-0.05, 0) is 49.3 Å². The zero-order valence-electron chi connectivity index (χ0n) is 11.9. The molecule has 0 bridgehead atoms. The first kappa shape index (κ1) is 13.6. The molecule has 1 nitrogen and oxygen atoms in total. The molecule has 0 radical (unpaired) electrons. The van der Waals surface area contributed by atoms with Crippen molar-refractivity contribution >= 4 is 0 Å². The van der Waals surface area contributed by atoms with Crippen molar-refractivity contribution in [2.45, 2.75) is 58.4 Å². The van der Waals surface area contributed by atoms with Crippen LogP contribution in [0.3, 0.4) is 0 Å². The minimum atomic E-state index is 0.767. The normalized spacial score (nSPS) is 24.1. The summed E-state index contributed by atoms with van der Waals surface area (Å²) in [5, 5.41) is 3.62.